The highest BCUT2D eigenvalue weighted by molar-refractivity contribution is 5.98. The van der Waals surface area contributed by atoms with Crippen molar-refractivity contribution in [3.8, 4) is 0 Å². The van der Waals surface area contributed by atoms with Crippen molar-refractivity contribution in [3.05, 3.63) is 35.4 Å². The Hall–Kier alpha value is -1.15. The Bertz CT molecular complexity index is 344. The van der Waals surface area contributed by atoms with Crippen LogP contribution in [-0.4, -0.2) is 10.9 Å². The van der Waals surface area contributed by atoms with Crippen LogP contribution in [0.25, 0.3) is 0 Å². The van der Waals surface area contributed by atoms with Gasteiger partial charge in [-0.25, -0.2) is 0 Å². The molecule has 13 heavy (non-hydrogen) atoms. The number of fused-ring (bicyclic) bond motifs is 1. The van der Waals surface area contributed by atoms with E-state index in [9.17, 15) is 9.90 Å². The van der Waals surface area contributed by atoms with Crippen LogP contribution in [0, 0.1) is 5.92 Å². The van der Waals surface area contributed by atoms with Gasteiger partial charge in [-0.05, 0) is 11.5 Å². The number of rotatable bonds is 0. The fourth-order valence-electron chi connectivity index (χ4n) is 1.83. The van der Waals surface area contributed by atoms with Crippen LogP contribution >= 0.6 is 0 Å². The molecule has 0 saturated heterocycles. The average molecular weight is 176 g/mol. The van der Waals surface area contributed by atoms with E-state index in [1.807, 2.05) is 25.1 Å². The summed E-state index contributed by atoms with van der Waals surface area (Å²) in [6, 6.07) is 7.30. The first kappa shape index (κ1) is 8.45. The summed E-state index contributed by atoms with van der Waals surface area (Å²) in [5.41, 5.74) is 1.47. The molecule has 0 radical (unpaired) electrons. The van der Waals surface area contributed by atoms with Crippen LogP contribution in [0.15, 0.2) is 24.3 Å². The van der Waals surface area contributed by atoms with E-state index >= 15 is 0 Å². The van der Waals surface area contributed by atoms with Crippen molar-refractivity contribution in [1.29, 1.82) is 0 Å². The molecule has 0 aliphatic heterocycles. The molecule has 0 bridgehead atoms. The minimum Gasteiger partial charge on any atom is -0.388 e. The summed E-state index contributed by atoms with van der Waals surface area (Å²) in [4.78, 5) is 11.5. The molecule has 1 aromatic rings. The molecule has 1 aliphatic rings. The van der Waals surface area contributed by atoms with E-state index in [1.165, 1.54) is 0 Å². The van der Waals surface area contributed by atoms with Gasteiger partial charge in [0.2, 0.25) is 0 Å². The zero-order valence-electron chi connectivity index (χ0n) is 7.53. The number of hydrogen-bond donors (Lipinski definition) is 1. The molecule has 2 heteroatoms. The maximum Gasteiger partial charge on any atom is 0.163 e. The second kappa shape index (κ2) is 2.96. The van der Waals surface area contributed by atoms with Crippen molar-refractivity contribution in [3.63, 3.8) is 0 Å². The van der Waals surface area contributed by atoms with Gasteiger partial charge in [-0.2, -0.15) is 0 Å². The Morgan fingerprint density at radius 3 is 2.85 bits per heavy atom. The SMILES string of the molecule is CC1CC(=O)c2ccccc2C1O. The summed E-state index contributed by atoms with van der Waals surface area (Å²) < 4.78 is 0. The fourth-order valence-corrected chi connectivity index (χ4v) is 1.83. The highest BCUT2D eigenvalue weighted by Crippen LogP contribution is 2.33. The minimum absolute atomic E-state index is 0.0439. The number of ketones is 1. The number of aliphatic hydroxyl groups is 1. The van der Waals surface area contributed by atoms with Crippen molar-refractivity contribution in [2.45, 2.75) is 19.4 Å². The molecule has 0 heterocycles. The Morgan fingerprint density at radius 1 is 1.38 bits per heavy atom. The van der Waals surface area contributed by atoms with Crippen LogP contribution in [-0.2, 0) is 0 Å². The zero-order chi connectivity index (χ0) is 9.42. The second-order valence-corrected chi connectivity index (χ2v) is 3.64. The summed E-state index contributed by atoms with van der Waals surface area (Å²) >= 11 is 0. The topological polar surface area (TPSA) is 37.3 Å². The Kier molecular flexibility index (Phi) is 1.93. The van der Waals surface area contributed by atoms with Crippen molar-refractivity contribution in [2.24, 2.45) is 5.92 Å². The Morgan fingerprint density at radius 2 is 2.08 bits per heavy atom. The van der Waals surface area contributed by atoms with Crippen LogP contribution in [0.2, 0.25) is 0 Å². The number of hydrogen-bond acceptors (Lipinski definition) is 2. The highest BCUT2D eigenvalue weighted by atomic mass is 16.3. The largest absolute Gasteiger partial charge is 0.388 e. The predicted octanol–water partition coefficient (Wildman–Crippen LogP) is 1.94. The van der Waals surface area contributed by atoms with Crippen molar-refractivity contribution in [2.75, 3.05) is 0 Å². The van der Waals surface area contributed by atoms with Gasteiger partial charge in [-0.15, -0.1) is 0 Å². The molecule has 2 unspecified atom stereocenters. The third-order valence-electron chi connectivity index (χ3n) is 2.63. The maximum atomic E-state index is 11.5. The van der Waals surface area contributed by atoms with Gasteiger partial charge in [-0.3, -0.25) is 4.79 Å². The normalized spacial score (nSPS) is 27.1. The number of benzene rings is 1. The molecule has 1 aliphatic carbocycles. The lowest BCUT2D eigenvalue weighted by atomic mass is 9.82. The first-order chi connectivity index (χ1) is 6.20. The van der Waals surface area contributed by atoms with Gasteiger partial charge in [0.25, 0.3) is 0 Å². The monoisotopic (exact) mass is 176 g/mol. The van der Waals surface area contributed by atoms with Crippen LogP contribution in [0.4, 0.5) is 0 Å². The van der Waals surface area contributed by atoms with E-state index in [0.717, 1.165) is 5.56 Å². The molecule has 68 valence electrons. The van der Waals surface area contributed by atoms with E-state index in [1.54, 1.807) is 6.07 Å². The molecule has 2 nitrogen and oxygen atoms in total. The molecular formula is C11H12O2. The lowest BCUT2D eigenvalue weighted by Gasteiger charge is -2.25. The fraction of sp³-hybridized carbons (Fsp3) is 0.364. The highest BCUT2D eigenvalue weighted by Gasteiger charge is 2.29. The molecule has 0 aromatic heterocycles. The van der Waals surface area contributed by atoms with Gasteiger partial charge in [-0.1, -0.05) is 31.2 Å². The standard InChI is InChI=1S/C11H12O2/c1-7-6-10(12)8-4-2-3-5-9(8)11(7)13/h2-5,7,11,13H,6H2,1H3. The zero-order valence-corrected chi connectivity index (χ0v) is 7.53. The van der Waals surface area contributed by atoms with Crippen molar-refractivity contribution in [1.82, 2.24) is 0 Å². The molecule has 0 saturated carbocycles. The van der Waals surface area contributed by atoms with Crippen molar-refractivity contribution < 1.29 is 9.90 Å². The maximum absolute atomic E-state index is 11.5. The Labute approximate surface area is 77.2 Å². The lowest BCUT2D eigenvalue weighted by Crippen LogP contribution is -2.22. The summed E-state index contributed by atoms with van der Waals surface area (Å²) in [6.45, 7) is 1.90. The third kappa shape index (κ3) is 1.27. The minimum atomic E-state index is -0.478. The molecular weight excluding hydrogens is 164 g/mol. The van der Waals surface area contributed by atoms with Gasteiger partial charge in [0.1, 0.15) is 0 Å². The predicted molar refractivity (Wildman–Crippen MR) is 49.5 cm³/mol. The van der Waals surface area contributed by atoms with E-state index < -0.39 is 6.10 Å². The molecule has 1 aromatic carbocycles. The molecule has 2 atom stereocenters. The van der Waals surface area contributed by atoms with Gasteiger partial charge in [0.15, 0.2) is 5.78 Å². The first-order valence-corrected chi connectivity index (χ1v) is 4.50. The van der Waals surface area contributed by atoms with Crippen LogP contribution in [0.3, 0.4) is 0 Å². The second-order valence-electron chi connectivity index (χ2n) is 3.64. The van der Waals surface area contributed by atoms with E-state index in [0.29, 0.717) is 12.0 Å². The lowest BCUT2D eigenvalue weighted by molar-refractivity contribution is 0.0751. The van der Waals surface area contributed by atoms with Gasteiger partial charge in [0, 0.05) is 12.0 Å². The number of aliphatic hydroxyl groups excluding tert-OH is 1. The van der Waals surface area contributed by atoms with Gasteiger partial charge >= 0.3 is 0 Å². The third-order valence-corrected chi connectivity index (χ3v) is 2.63. The summed E-state index contributed by atoms with van der Waals surface area (Å²) in [6.07, 6.45) is -0.0213. The van der Waals surface area contributed by atoms with Gasteiger partial charge in [0.05, 0.1) is 6.10 Å². The molecule has 0 fully saturated rings. The quantitative estimate of drug-likeness (QED) is 0.656. The van der Waals surface area contributed by atoms with Crippen LogP contribution in [0.5, 0.6) is 0 Å². The van der Waals surface area contributed by atoms with Crippen LogP contribution in [0.1, 0.15) is 35.4 Å². The van der Waals surface area contributed by atoms with E-state index in [-0.39, 0.29) is 11.7 Å². The van der Waals surface area contributed by atoms with Gasteiger partial charge < -0.3 is 5.11 Å². The molecule has 2 rings (SSSR count). The summed E-state index contributed by atoms with van der Waals surface area (Å²) in [5, 5.41) is 9.80. The molecule has 1 N–H and O–H groups in total. The number of carbonyl (C=O) groups excluding carboxylic acids is 1. The summed E-state index contributed by atoms with van der Waals surface area (Å²) in [7, 11) is 0. The average Bonchev–Trinajstić information content (AvgIpc) is 2.15. The first-order valence-electron chi connectivity index (χ1n) is 4.50. The van der Waals surface area contributed by atoms with E-state index in [2.05, 4.69) is 0 Å². The van der Waals surface area contributed by atoms with E-state index in [4.69, 9.17) is 0 Å². The van der Waals surface area contributed by atoms with Crippen molar-refractivity contribution >= 4 is 5.78 Å². The van der Waals surface area contributed by atoms with Crippen LogP contribution < -0.4 is 0 Å². The molecule has 0 amide bonds. The Balaban J connectivity index is 2.53. The number of carbonyl (C=O) groups is 1. The summed E-state index contributed by atoms with van der Waals surface area (Å²) in [5.74, 6) is 0.191. The number of Topliss-reactive ketones (excluding diaryl/α,β-unsaturated/α-hetero) is 1. The molecule has 0 spiro atoms. The smallest absolute Gasteiger partial charge is 0.163 e.